The van der Waals surface area contributed by atoms with Crippen LogP contribution in [0.4, 0.5) is 0 Å². The maximum atomic E-state index is 11.8. The molecule has 0 aliphatic carbocycles. The summed E-state index contributed by atoms with van der Waals surface area (Å²) in [5.41, 5.74) is 0.811. The molecule has 1 atom stereocenters. The highest BCUT2D eigenvalue weighted by Gasteiger charge is 2.10. The quantitative estimate of drug-likeness (QED) is 0.889. The number of rotatable bonds is 4. The monoisotopic (exact) mass is 261 g/mol. The van der Waals surface area contributed by atoms with Crippen molar-refractivity contribution >= 4 is 17.2 Å². The second-order valence-corrected chi connectivity index (χ2v) is 5.13. The minimum atomic E-state index is -0.0403. The van der Waals surface area contributed by atoms with Crippen molar-refractivity contribution in [3.63, 3.8) is 0 Å². The number of hydrogen-bond donors (Lipinski definition) is 2. The van der Waals surface area contributed by atoms with Gasteiger partial charge in [-0.25, -0.2) is 0 Å². The average molecular weight is 261 g/mol. The fourth-order valence-corrected chi connectivity index (χ4v) is 2.49. The summed E-state index contributed by atoms with van der Waals surface area (Å²) in [5.74, 6) is 0.146. The lowest BCUT2D eigenvalue weighted by Crippen LogP contribution is -2.27. The number of nitrogens with one attached hydrogen (secondary N) is 1. The summed E-state index contributed by atoms with van der Waals surface area (Å²) < 4.78 is 0. The second kappa shape index (κ2) is 5.69. The number of carbonyl (C=O) groups excluding carboxylic acids is 1. The van der Waals surface area contributed by atoms with Crippen LogP contribution in [0.5, 0.6) is 5.75 Å². The van der Waals surface area contributed by atoms with E-state index in [1.807, 2.05) is 30.5 Å². The van der Waals surface area contributed by atoms with Crippen molar-refractivity contribution in [3.8, 4) is 5.75 Å². The first-order chi connectivity index (χ1) is 8.65. The molecule has 1 unspecified atom stereocenters. The molecule has 1 aromatic carbocycles. The largest absolute Gasteiger partial charge is 0.508 e. The molecule has 0 radical (unpaired) electrons. The highest BCUT2D eigenvalue weighted by atomic mass is 32.1. The van der Waals surface area contributed by atoms with Crippen LogP contribution in [0.3, 0.4) is 0 Å². The molecular formula is C14H15NO2S. The molecule has 3 nitrogen and oxygen atoms in total. The molecule has 2 aromatic rings. The highest BCUT2D eigenvalue weighted by molar-refractivity contribution is 7.10. The first kappa shape index (κ1) is 12.6. The Morgan fingerprint density at radius 2 is 2.22 bits per heavy atom. The minimum Gasteiger partial charge on any atom is -0.508 e. The Morgan fingerprint density at radius 3 is 2.89 bits per heavy atom. The summed E-state index contributed by atoms with van der Waals surface area (Å²) in [5, 5.41) is 14.3. The minimum absolute atomic E-state index is 0.0230. The molecule has 0 saturated carbocycles. The fraction of sp³-hybridized carbons (Fsp3) is 0.214. The molecule has 2 rings (SSSR count). The predicted octanol–water partition coefficient (Wildman–Crippen LogP) is 2.87. The Bertz CT molecular complexity index is 522. The molecule has 4 heteroatoms. The topological polar surface area (TPSA) is 49.3 Å². The van der Waals surface area contributed by atoms with Crippen molar-refractivity contribution < 1.29 is 9.90 Å². The van der Waals surface area contributed by atoms with Crippen molar-refractivity contribution in [2.75, 3.05) is 0 Å². The third kappa shape index (κ3) is 3.34. The van der Waals surface area contributed by atoms with Crippen LogP contribution in [0.1, 0.15) is 23.4 Å². The molecule has 1 amide bonds. The summed E-state index contributed by atoms with van der Waals surface area (Å²) in [7, 11) is 0. The first-order valence-corrected chi connectivity index (χ1v) is 6.64. The predicted molar refractivity (Wildman–Crippen MR) is 72.7 cm³/mol. The zero-order chi connectivity index (χ0) is 13.0. The number of phenols is 1. The molecule has 0 bridgehead atoms. The molecular weight excluding hydrogens is 246 g/mol. The molecule has 0 aliphatic heterocycles. The van der Waals surface area contributed by atoms with Gasteiger partial charge in [0.05, 0.1) is 12.5 Å². The van der Waals surface area contributed by atoms with Gasteiger partial charge in [0.15, 0.2) is 0 Å². The molecule has 2 N–H and O–H groups in total. The van der Waals surface area contributed by atoms with Gasteiger partial charge < -0.3 is 10.4 Å². The number of carbonyl (C=O) groups is 1. The van der Waals surface area contributed by atoms with Crippen molar-refractivity contribution in [1.29, 1.82) is 0 Å². The Labute approximate surface area is 110 Å². The third-order valence-corrected chi connectivity index (χ3v) is 3.68. The van der Waals surface area contributed by atoms with Crippen LogP contribution >= 0.6 is 11.3 Å². The van der Waals surface area contributed by atoms with E-state index in [1.165, 1.54) is 0 Å². The van der Waals surface area contributed by atoms with Gasteiger partial charge in [-0.2, -0.15) is 0 Å². The van der Waals surface area contributed by atoms with Crippen molar-refractivity contribution in [3.05, 3.63) is 52.2 Å². The summed E-state index contributed by atoms with van der Waals surface area (Å²) >= 11 is 1.63. The molecule has 0 spiro atoms. The summed E-state index contributed by atoms with van der Waals surface area (Å²) in [6.45, 7) is 1.96. The van der Waals surface area contributed by atoms with E-state index < -0.39 is 0 Å². The number of phenolic OH excluding ortho intramolecular Hbond substituents is 1. The molecule has 0 fully saturated rings. The van der Waals surface area contributed by atoms with Crippen LogP contribution in [0, 0.1) is 0 Å². The Balaban J connectivity index is 1.93. The third-order valence-electron chi connectivity index (χ3n) is 2.62. The molecule has 0 aliphatic rings. The highest BCUT2D eigenvalue weighted by Crippen LogP contribution is 2.18. The number of aromatic hydroxyl groups is 1. The van der Waals surface area contributed by atoms with Crippen LogP contribution in [0.25, 0.3) is 0 Å². The van der Waals surface area contributed by atoms with Crippen molar-refractivity contribution in [2.45, 2.75) is 19.4 Å². The van der Waals surface area contributed by atoms with Crippen LogP contribution in [-0.4, -0.2) is 11.0 Å². The maximum absolute atomic E-state index is 11.8. The normalized spacial score (nSPS) is 12.1. The number of hydrogen-bond acceptors (Lipinski definition) is 3. The van der Waals surface area contributed by atoms with Gasteiger partial charge in [-0.1, -0.05) is 18.2 Å². The zero-order valence-corrected chi connectivity index (χ0v) is 10.9. The number of amides is 1. The second-order valence-electron chi connectivity index (χ2n) is 4.15. The lowest BCUT2D eigenvalue weighted by Gasteiger charge is -2.12. The standard InChI is InChI=1S/C14H15NO2S/c1-10(13-6-3-7-18-13)15-14(17)9-11-4-2-5-12(16)8-11/h2-8,10,16H,9H2,1H3,(H,15,17). The van der Waals surface area contributed by atoms with Crippen LogP contribution in [-0.2, 0) is 11.2 Å². The Kier molecular flexibility index (Phi) is 3.99. The van der Waals surface area contributed by atoms with Gasteiger partial charge in [0, 0.05) is 4.88 Å². The van der Waals surface area contributed by atoms with E-state index in [0.29, 0.717) is 0 Å². The average Bonchev–Trinajstić information content (AvgIpc) is 2.81. The van der Waals surface area contributed by atoms with Crippen LogP contribution < -0.4 is 5.32 Å². The Hall–Kier alpha value is -1.81. The van der Waals surface area contributed by atoms with Gasteiger partial charge in [-0.15, -0.1) is 11.3 Å². The van der Waals surface area contributed by atoms with E-state index in [1.54, 1.807) is 29.5 Å². The van der Waals surface area contributed by atoms with E-state index >= 15 is 0 Å². The SMILES string of the molecule is CC(NC(=O)Cc1cccc(O)c1)c1cccs1. The molecule has 1 aromatic heterocycles. The smallest absolute Gasteiger partial charge is 0.224 e. The van der Waals surface area contributed by atoms with Gasteiger partial charge in [0.2, 0.25) is 5.91 Å². The van der Waals surface area contributed by atoms with Gasteiger partial charge in [0.1, 0.15) is 5.75 Å². The van der Waals surface area contributed by atoms with Gasteiger partial charge in [0.25, 0.3) is 0 Å². The number of benzene rings is 1. The Morgan fingerprint density at radius 1 is 1.39 bits per heavy atom. The van der Waals surface area contributed by atoms with Gasteiger partial charge in [-0.3, -0.25) is 4.79 Å². The van der Waals surface area contributed by atoms with E-state index in [2.05, 4.69) is 5.32 Å². The fourth-order valence-electron chi connectivity index (χ4n) is 1.75. The van der Waals surface area contributed by atoms with E-state index in [4.69, 9.17) is 0 Å². The maximum Gasteiger partial charge on any atom is 0.224 e. The van der Waals surface area contributed by atoms with Crippen molar-refractivity contribution in [1.82, 2.24) is 5.32 Å². The van der Waals surface area contributed by atoms with E-state index in [0.717, 1.165) is 10.4 Å². The molecule has 0 saturated heterocycles. The summed E-state index contributed by atoms with van der Waals surface area (Å²) in [6.07, 6.45) is 0.282. The van der Waals surface area contributed by atoms with Gasteiger partial charge in [-0.05, 0) is 36.1 Å². The zero-order valence-electron chi connectivity index (χ0n) is 10.1. The van der Waals surface area contributed by atoms with Crippen LogP contribution in [0.15, 0.2) is 41.8 Å². The van der Waals surface area contributed by atoms with E-state index in [-0.39, 0.29) is 24.1 Å². The summed E-state index contributed by atoms with van der Waals surface area (Å²) in [4.78, 5) is 13.0. The lowest BCUT2D eigenvalue weighted by molar-refractivity contribution is -0.121. The van der Waals surface area contributed by atoms with Crippen LogP contribution in [0.2, 0.25) is 0 Å². The van der Waals surface area contributed by atoms with Crippen molar-refractivity contribution in [2.24, 2.45) is 0 Å². The summed E-state index contributed by atoms with van der Waals surface area (Å²) in [6, 6.07) is 10.8. The first-order valence-electron chi connectivity index (χ1n) is 5.76. The lowest BCUT2D eigenvalue weighted by atomic mass is 10.1. The molecule has 1 heterocycles. The van der Waals surface area contributed by atoms with Gasteiger partial charge >= 0.3 is 0 Å². The molecule has 94 valence electrons. The number of thiophene rings is 1. The van der Waals surface area contributed by atoms with E-state index in [9.17, 15) is 9.90 Å². The molecule has 18 heavy (non-hydrogen) atoms.